The Labute approximate surface area is 184 Å². The Balaban J connectivity index is 1.60. The minimum atomic E-state index is -0.522. The minimum Gasteiger partial charge on any atom is -0.494 e. The highest BCUT2D eigenvalue weighted by molar-refractivity contribution is 6.10. The fourth-order valence-electron chi connectivity index (χ4n) is 2.79. The summed E-state index contributed by atoms with van der Waals surface area (Å²) in [6.07, 6.45) is 0. The van der Waals surface area contributed by atoms with Gasteiger partial charge in [-0.05, 0) is 55.5 Å². The van der Waals surface area contributed by atoms with Crippen molar-refractivity contribution in [2.45, 2.75) is 6.92 Å². The van der Waals surface area contributed by atoms with Crippen molar-refractivity contribution in [2.75, 3.05) is 23.8 Å². The zero-order valence-electron chi connectivity index (χ0n) is 17.2. The smallest absolute Gasteiger partial charge is 0.269 e. The molecule has 2 N–H and O–H groups in total. The van der Waals surface area contributed by atoms with Crippen LogP contribution in [0.3, 0.4) is 0 Å². The van der Waals surface area contributed by atoms with Gasteiger partial charge >= 0.3 is 0 Å². The number of non-ortho nitro benzene ring substituents is 1. The van der Waals surface area contributed by atoms with Gasteiger partial charge in [0.15, 0.2) is 6.61 Å². The summed E-state index contributed by atoms with van der Waals surface area (Å²) in [6.45, 7) is 2.11. The van der Waals surface area contributed by atoms with Gasteiger partial charge in [0.05, 0.1) is 22.8 Å². The summed E-state index contributed by atoms with van der Waals surface area (Å²) in [5, 5.41) is 16.1. The van der Waals surface area contributed by atoms with Crippen LogP contribution >= 0.6 is 0 Å². The first kappa shape index (κ1) is 22.3. The standard InChI is InChI=1S/C23H21N3O6/c1-2-31-18-11-7-16(8-12-18)24-23(28)20-5-3-4-6-21(20)25-22(27)15-32-19-13-9-17(10-14-19)26(29)30/h3-14H,2,15H2,1H3,(H,24,28)(H,25,27). The summed E-state index contributed by atoms with van der Waals surface area (Å²) in [6, 6.07) is 18.9. The molecule has 3 rings (SSSR count). The van der Waals surface area contributed by atoms with Gasteiger partial charge in [-0.1, -0.05) is 12.1 Å². The molecule has 0 heterocycles. The molecular formula is C23H21N3O6. The van der Waals surface area contributed by atoms with E-state index in [1.807, 2.05) is 6.92 Å². The number of nitrogens with one attached hydrogen (secondary N) is 2. The highest BCUT2D eigenvalue weighted by Gasteiger charge is 2.14. The molecule has 0 saturated heterocycles. The molecule has 0 unspecified atom stereocenters. The van der Waals surface area contributed by atoms with Crippen LogP contribution in [-0.4, -0.2) is 30.0 Å². The van der Waals surface area contributed by atoms with Crippen molar-refractivity contribution in [1.29, 1.82) is 0 Å². The number of amides is 2. The van der Waals surface area contributed by atoms with Crippen molar-refractivity contribution in [3.8, 4) is 11.5 Å². The van der Waals surface area contributed by atoms with Crippen LogP contribution in [0.1, 0.15) is 17.3 Å². The maximum Gasteiger partial charge on any atom is 0.269 e. The van der Waals surface area contributed by atoms with Gasteiger partial charge < -0.3 is 20.1 Å². The Kier molecular flexibility index (Phi) is 7.37. The number of nitro benzene ring substituents is 1. The van der Waals surface area contributed by atoms with Crippen molar-refractivity contribution in [1.82, 2.24) is 0 Å². The first-order chi connectivity index (χ1) is 15.5. The van der Waals surface area contributed by atoms with Crippen molar-refractivity contribution < 1.29 is 24.0 Å². The van der Waals surface area contributed by atoms with E-state index in [-0.39, 0.29) is 23.8 Å². The van der Waals surface area contributed by atoms with Gasteiger partial charge in [0, 0.05) is 17.8 Å². The molecule has 164 valence electrons. The molecule has 32 heavy (non-hydrogen) atoms. The number of para-hydroxylation sites is 1. The van der Waals surface area contributed by atoms with E-state index in [0.29, 0.717) is 29.5 Å². The van der Waals surface area contributed by atoms with E-state index in [9.17, 15) is 19.7 Å². The van der Waals surface area contributed by atoms with E-state index >= 15 is 0 Å². The number of anilines is 2. The molecule has 3 aromatic carbocycles. The molecule has 0 aliphatic carbocycles. The molecule has 2 amide bonds. The Morgan fingerprint density at radius 1 is 0.875 bits per heavy atom. The average Bonchev–Trinajstić information content (AvgIpc) is 2.80. The van der Waals surface area contributed by atoms with Gasteiger partial charge in [0.1, 0.15) is 11.5 Å². The summed E-state index contributed by atoms with van der Waals surface area (Å²) in [5.74, 6) is 0.143. The second kappa shape index (κ2) is 10.6. The number of carbonyl (C=O) groups is 2. The molecule has 0 aliphatic rings. The highest BCUT2D eigenvalue weighted by Crippen LogP contribution is 2.20. The molecule has 3 aromatic rings. The third-order valence-electron chi connectivity index (χ3n) is 4.29. The molecule has 0 atom stereocenters. The number of nitrogens with zero attached hydrogens (tertiary/aromatic N) is 1. The number of benzene rings is 3. The van der Waals surface area contributed by atoms with E-state index in [4.69, 9.17) is 9.47 Å². The monoisotopic (exact) mass is 435 g/mol. The molecule has 0 fully saturated rings. The zero-order valence-corrected chi connectivity index (χ0v) is 17.2. The summed E-state index contributed by atoms with van der Waals surface area (Å²) >= 11 is 0. The lowest BCUT2D eigenvalue weighted by molar-refractivity contribution is -0.384. The van der Waals surface area contributed by atoms with Crippen LogP contribution in [0.25, 0.3) is 0 Å². The summed E-state index contributed by atoms with van der Waals surface area (Å²) in [7, 11) is 0. The fraction of sp³-hybridized carbons (Fsp3) is 0.130. The van der Waals surface area contributed by atoms with E-state index in [2.05, 4.69) is 10.6 Å². The molecule has 0 aromatic heterocycles. The van der Waals surface area contributed by atoms with Crippen LogP contribution < -0.4 is 20.1 Å². The number of nitro groups is 1. The second-order valence-corrected chi connectivity index (χ2v) is 6.54. The van der Waals surface area contributed by atoms with Gasteiger partial charge in [-0.2, -0.15) is 0 Å². The summed E-state index contributed by atoms with van der Waals surface area (Å²) < 4.78 is 10.7. The van der Waals surface area contributed by atoms with E-state index in [1.54, 1.807) is 48.5 Å². The number of rotatable bonds is 9. The number of hydrogen-bond acceptors (Lipinski definition) is 6. The molecule has 9 nitrogen and oxygen atoms in total. The maximum atomic E-state index is 12.7. The Bertz CT molecular complexity index is 1100. The third kappa shape index (κ3) is 6.05. The first-order valence-corrected chi connectivity index (χ1v) is 9.76. The van der Waals surface area contributed by atoms with Gasteiger partial charge in [-0.15, -0.1) is 0 Å². The maximum absolute atomic E-state index is 12.7. The van der Waals surface area contributed by atoms with Crippen LogP contribution in [0.5, 0.6) is 11.5 Å². The van der Waals surface area contributed by atoms with Gasteiger partial charge in [0.25, 0.3) is 17.5 Å². The van der Waals surface area contributed by atoms with E-state index in [1.165, 1.54) is 24.3 Å². The Morgan fingerprint density at radius 3 is 2.16 bits per heavy atom. The minimum absolute atomic E-state index is 0.0747. The van der Waals surface area contributed by atoms with Gasteiger partial charge in [-0.3, -0.25) is 19.7 Å². The van der Waals surface area contributed by atoms with Gasteiger partial charge in [0.2, 0.25) is 0 Å². The van der Waals surface area contributed by atoms with Crippen molar-refractivity contribution in [3.63, 3.8) is 0 Å². The van der Waals surface area contributed by atoms with Crippen LogP contribution in [-0.2, 0) is 4.79 Å². The number of hydrogen-bond donors (Lipinski definition) is 2. The van der Waals surface area contributed by atoms with Crippen molar-refractivity contribution in [3.05, 3.63) is 88.5 Å². The largest absolute Gasteiger partial charge is 0.494 e. The molecule has 0 bridgehead atoms. The first-order valence-electron chi connectivity index (χ1n) is 9.76. The quantitative estimate of drug-likeness (QED) is 0.383. The SMILES string of the molecule is CCOc1ccc(NC(=O)c2ccccc2NC(=O)COc2ccc([N+](=O)[O-])cc2)cc1. The molecule has 0 saturated carbocycles. The van der Waals surface area contributed by atoms with E-state index in [0.717, 1.165) is 0 Å². The van der Waals surface area contributed by atoms with Crippen molar-refractivity contribution in [2.24, 2.45) is 0 Å². The van der Waals surface area contributed by atoms with Crippen LogP contribution in [0.15, 0.2) is 72.8 Å². The fourth-order valence-corrected chi connectivity index (χ4v) is 2.79. The van der Waals surface area contributed by atoms with Crippen LogP contribution in [0.4, 0.5) is 17.1 Å². The lowest BCUT2D eigenvalue weighted by atomic mass is 10.1. The summed E-state index contributed by atoms with van der Waals surface area (Å²) in [4.78, 5) is 35.2. The molecule has 0 radical (unpaired) electrons. The van der Waals surface area contributed by atoms with Crippen LogP contribution in [0, 0.1) is 10.1 Å². The molecule has 9 heteroatoms. The zero-order chi connectivity index (χ0) is 22.9. The second-order valence-electron chi connectivity index (χ2n) is 6.54. The lowest BCUT2D eigenvalue weighted by Crippen LogP contribution is -2.22. The topological polar surface area (TPSA) is 120 Å². The Hall–Kier alpha value is -4.40. The third-order valence-corrected chi connectivity index (χ3v) is 4.29. The van der Waals surface area contributed by atoms with E-state index < -0.39 is 10.8 Å². The highest BCUT2D eigenvalue weighted by atomic mass is 16.6. The predicted molar refractivity (Wildman–Crippen MR) is 119 cm³/mol. The molecule has 0 spiro atoms. The van der Waals surface area contributed by atoms with Crippen LogP contribution in [0.2, 0.25) is 0 Å². The molecular weight excluding hydrogens is 414 g/mol. The normalized spacial score (nSPS) is 10.2. The van der Waals surface area contributed by atoms with Crippen molar-refractivity contribution >= 4 is 28.9 Å². The summed E-state index contributed by atoms with van der Waals surface area (Å²) in [5.41, 5.74) is 1.12. The molecule has 0 aliphatic heterocycles. The lowest BCUT2D eigenvalue weighted by Gasteiger charge is -2.12. The van der Waals surface area contributed by atoms with Gasteiger partial charge in [-0.25, -0.2) is 0 Å². The number of carbonyl (C=O) groups excluding carboxylic acids is 2. The number of ether oxygens (including phenoxy) is 2. The predicted octanol–water partition coefficient (Wildman–Crippen LogP) is 4.26. The average molecular weight is 435 g/mol. The Morgan fingerprint density at radius 2 is 1.50 bits per heavy atom.